The van der Waals surface area contributed by atoms with Crippen LogP contribution in [0, 0.1) is 0 Å². The number of nitrogens with zero attached hydrogens (tertiary/aromatic N) is 3. The van der Waals surface area contributed by atoms with Gasteiger partial charge in [0, 0.05) is 24.5 Å². The van der Waals surface area contributed by atoms with Gasteiger partial charge in [0.25, 0.3) is 0 Å². The first kappa shape index (κ1) is 10.6. The number of hydrogen-bond donors (Lipinski definition) is 1. The highest BCUT2D eigenvalue weighted by molar-refractivity contribution is 6.29. The molecule has 1 aliphatic heterocycles. The zero-order valence-electron chi connectivity index (χ0n) is 8.67. The third-order valence-corrected chi connectivity index (χ3v) is 2.67. The van der Waals surface area contributed by atoms with E-state index < -0.39 is 0 Å². The Morgan fingerprint density at radius 3 is 3.13 bits per heavy atom. The van der Waals surface area contributed by atoms with Crippen molar-refractivity contribution in [1.29, 1.82) is 0 Å². The van der Waals surface area contributed by atoms with Gasteiger partial charge in [-0.2, -0.15) is 0 Å². The summed E-state index contributed by atoms with van der Waals surface area (Å²) in [6.45, 7) is 5.99. The molecule has 0 bridgehead atoms. The Morgan fingerprint density at radius 2 is 2.33 bits per heavy atom. The fourth-order valence-corrected chi connectivity index (χ4v) is 1.90. The zero-order valence-corrected chi connectivity index (χ0v) is 9.43. The molecule has 0 saturated heterocycles. The fraction of sp³-hybridized carbons (Fsp3) is 0.600. The van der Waals surface area contributed by atoms with Crippen LogP contribution in [0.3, 0.4) is 0 Å². The number of nitrogens with one attached hydrogen (secondary N) is 1. The summed E-state index contributed by atoms with van der Waals surface area (Å²) in [7, 11) is 0. The van der Waals surface area contributed by atoms with E-state index in [1.165, 1.54) is 12.8 Å². The van der Waals surface area contributed by atoms with Crippen molar-refractivity contribution in [2.45, 2.75) is 32.4 Å². The van der Waals surface area contributed by atoms with E-state index in [0.29, 0.717) is 18.1 Å². The van der Waals surface area contributed by atoms with Crippen molar-refractivity contribution >= 4 is 11.6 Å². The van der Waals surface area contributed by atoms with Crippen LogP contribution in [0.2, 0.25) is 0 Å². The average molecular weight is 227 g/mol. The minimum absolute atomic E-state index is 0.615. The largest absolute Gasteiger partial charge is 0.314 e. The lowest BCUT2D eigenvalue weighted by Crippen LogP contribution is -2.20. The van der Waals surface area contributed by atoms with Crippen LogP contribution in [0.5, 0.6) is 0 Å². The van der Waals surface area contributed by atoms with Crippen molar-refractivity contribution in [2.24, 2.45) is 0 Å². The number of halogens is 1. The number of hydrogen-bond acceptors (Lipinski definition) is 3. The predicted octanol–water partition coefficient (Wildman–Crippen LogP) is 1.46. The molecule has 1 aromatic rings. The molecule has 0 unspecified atom stereocenters. The van der Waals surface area contributed by atoms with E-state index in [4.69, 9.17) is 11.6 Å². The van der Waals surface area contributed by atoms with Crippen LogP contribution in [-0.2, 0) is 19.5 Å². The molecule has 15 heavy (non-hydrogen) atoms. The molecule has 0 spiro atoms. The Balaban J connectivity index is 1.96. The second kappa shape index (κ2) is 4.77. The maximum atomic E-state index is 5.66. The van der Waals surface area contributed by atoms with Gasteiger partial charge in [-0.25, -0.2) is 0 Å². The monoisotopic (exact) mass is 226 g/mol. The van der Waals surface area contributed by atoms with Gasteiger partial charge in [-0.05, 0) is 12.8 Å². The Bertz CT molecular complexity index is 358. The van der Waals surface area contributed by atoms with Gasteiger partial charge in [-0.3, -0.25) is 0 Å². The SMILES string of the molecule is C=C(Cl)CNCc1nnc2n1CCCC2. The third-order valence-electron chi connectivity index (χ3n) is 2.54. The van der Waals surface area contributed by atoms with Crippen molar-refractivity contribution in [2.75, 3.05) is 6.54 Å². The van der Waals surface area contributed by atoms with E-state index in [2.05, 4.69) is 26.7 Å². The van der Waals surface area contributed by atoms with E-state index in [1.54, 1.807) is 0 Å². The summed E-state index contributed by atoms with van der Waals surface area (Å²) in [5.41, 5.74) is 0. The molecule has 1 aliphatic rings. The second-order valence-electron chi connectivity index (χ2n) is 3.76. The maximum Gasteiger partial charge on any atom is 0.147 e. The molecule has 1 N–H and O–H groups in total. The molecule has 82 valence electrons. The molecule has 0 radical (unpaired) electrons. The van der Waals surface area contributed by atoms with Crippen LogP contribution in [0.15, 0.2) is 11.6 Å². The van der Waals surface area contributed by atoms with Crippen LogP contribution in [0.25, 0.3) is 0 Å². The molecule has 0 aromatic carbocycles. The zero-order chi connectivity index (χ0) is 10.7. The van der Waals surface area contributed by atoms with Crippen LogP contribution >= 0.6 is 11.6 Å². The van der Waals surface area contributed by atoms with Crippen LogP contribution in [0.4, 0.5) is 0 Å². The van der Waals surface area contributed by atoms with Gasteiger partial charge < -0.3 is 9.88 Å². The third kappa shape index (κ3) is 2.58. The molecule has 2 heterocycles. The Hall–Kier alpha value is -0.870. The molecule has 0 fully saturated rings. The molecule has 5 heteroatoms. The summed E-state index contributed by atoms with van der Waals surface area (Å²) in [4.78, 5) is 0. The summed E-state index contributed by atoms with van der Waals surface area (Å²) in [6, 6.07) is 0. The minimum atomic E-state index is 0.615. The number of aromatic nitrogens is 3. The lowest BCUT2D eigenvalue weighted by atomic mass is 10.2. The fourth-order valence-electron chi connectivity index (χ4n) is 1.81. The van der Waals surface area contributed by atoms with Gasteiger partial charge >= 0.3 is 0 Å². The lowest BCUT2D eigenvalue weighted by Gasteiger charge is -2.14. The Morgan fingerprint density at radius 1 is 1.47 bits per heavy atom. The van der Waals surface area contributed by atoms with Gasteiger partial charge in [0.05, 0.1) is 6.54 Å². The molecule has 2 rings (SSSR count). The highest BCUT2D eigenvalue weighted by Gasteiger charge is 2.14. The number of aryl methyl sites for hydroxylation is 1. The molecule has 0 aliphatic carbocycles. The summed E-state index contributed by atoms with van der Waals surface area (Å²) < 4.78 is 2.20. The Kier molecular flexibility index (Phi) is 3.38. The van der Waals surface area contributed by atoms with E-state index >= 15 is 0 Å². The first-order valence-corrected chi connectivity index (χ1v) is 5.60. The minimum Gasteiger partial charge on any atom is -0.314 e. The normalized spacial score (nSPS) is 15.0. The highest BCUT2D eigenvalue weighted by Crippen LogP contribution is 2.13. The van der Waals surface area contributed by atoms with Gasteiger partial charge in [0.1, 0.15) is 11.6 Å². The topological polar surface area (TPSA) is 42.7 Å². The summed E-state index contributed by atoms with van der Waals surface area (Å²) in [6.07, 6.45) is 3.50. The molecular weight excluding hydrogens is 212 g/mol. The van der Waals surface area contributed by atoms with Crippen LogP contribution in [0.1, 0.15) is 24.5 Å². The second-order valence-corrected chi connectivity index (χ2v) is 4.30. The van der Waals surface area contributed by atoms with Crippen molar-refractivity contribution in [1.82, 2.24) is 20.1 Å². The van der Waals surface area contributed by atoms with Crippen molar-refractivity contribution in [3.05, 3.63) is 23.3 Å². The quantitative estimate of drug-likeness (QED) is 0.845. The van der Waals surface area contributed by atoms with Gasteiger partial charge in [0.15, 0.2) is 0 Å². The standard InChI is InChI=1S/C10H15ClN4/c1-8(11)6-12-7-10-14-13-9-4-2-3-5-15(9)10/h12H,1-7H2. The Labute approximate surface area is 94.3 Å². The average Bonchev–Trinajstić information content (AvgIpc) is 2.62. The van der Waals surface area contributed by atoms with E-state index in [1.807, 2.05) is 0 Å². The molecular formula is C10H15ClN4. The number of fused-ring (bicyclic) bond motifs is 1. The molecule has 4 nitrogen and oxygen atoms in total. The maximum absolute atomic E-state index is 5.66. The van der Waals surface area contributed by atoms with E-state index in [9.17, 15) is 0 Å². The van der Waals surface area contributed by atoms with Gasteiger partial charge in [-0.15, -0.1) is 10.2 Å². The van der Waals surface area contributed by atoms with Crippen LogP contribution in [-0.4, -0.2) is 21.3 Å². The molecule has 0 saturated carbocycles. The predicted molar refractivity (Wildman–Crippen MR) is 59.7 cm³/mol. The van der Waals surface area contributed by atoms with Crippen molar-refractivity contribution in [3.8, 4) is 0 Å². The first-order chi connectivity index (χ1) is 7.27. The smallest absolute Gasteiger partial charge is 0.147 e. The van der Waals surface area contributed by atoms with Crippen LogP contribution < -0.4 is 5.32 Å². The number of rotatable bonds is 4. The van der Waals surface area contributed by atoms with Gasteiger partial charge in [0.2, 0.25) is 0 Å². The molecule has 0 amide bonds. The summed E-state index contributed by atoms with van der Waals surface area (Å²) in [5, 5.41) is 12.1. The summed E-state index contributed by atoms with van der Waals surface area (Å²) in [5.74, 6) is 2.12. The first-order valence-electron chi connectivity index (χ1n) is 5.22. The van der Waals surface area contributed by atoms with Gasteiger partial charge in [-0.1, -0.05) is 18.2 Å². The van der Waals surface area contributed by atoms with Crippen molar-refractivity contribution in [3.63, 3.8) is 0 Å². The van der Waals surface area contributed by atoms with E-state index in [-0.39, 0.29) is 0 Å². The van der Waals surface area contributed by atoms with E-state index in [0.717, 1.165) is 24.6 Å². The summed E-state index contributed by atoms with van der Waals surface area (Å²) >= 11 is 5.66. The van der Waals surface area contributed by atoms with Crippen molar-refractivity contribution < 1.29 is 0 Å². The highest BCUT2D eigenvalue weighted by atomic mass is 35.5. The molecule has 0 atom stereocenters. The lowest BCUT2D eigenvalue weighted by molar-refractivity contribution is 0.500. The molecule has 1 aromatic heterocycles.